The number of aromatic nitrogens is 3. The lowest BCUT2D eigenvalue weighted by atomic mass is 10.5. The molecule has 1 N–H and O–H groups in total. The van der Waals surface area contributed by atoms with Crippen LogP contribution in [0.5, 0.6) is 0 Å². The molecule has 1 rings (SSSR count). The highest BCUT2D eigenvalue weighted by atomic mass is 32.2. The lowest BCUT2D eigenvalue weighted by Crippen LogP contribution is -2.06. The summed E-state index contributed by atoms with van der Waals surface area (Å²) < 4.78 is 23.8. The van der Waals surface area contributed by atoms with Crippen molar-refractivity contribution in [3.63, 3.8) is 0 Å². The zero-order chi connectivity index (χ0) is 10.6. The van der Waals surface area contributed by atoms with Crippen LogP contribution in [0.3, 0.4) is 0 Å². The monoisotopic (exact) mass is 219 g/mol. The van der Waals surface area contributed by atoms with Gasteiger partial charge in [-0.1, -0.05) is 12.1 Å². The number of aliphatic hydroxyl groups excluding tert-OH is 1. The van der Waals surface area contributed by atoms with E-state index in [9.17, 15) is 8.42 Å². The fourth-order valence-corrected chi connectivity index (χ4v) is 1.73. The quantitative estimate of drug-likeness (QED) is 0.701. The molecule has 1 aromatic rings. The van der Waals surface area contributed by atoms with Gasteiger partial charge in [0.1, 0.15) is 0 Å². The van der Waals surface area contributed by atoms with Crippen LogP contribution in [-0.4, -0.2) is 40.9 Å². The Morgan fingerprint density at radius 1 is 1.57 bits per heavy atom. The van der Waals surface area contributed by atoms with E-state index >= 15 is 0 Å². The molecule has 0 saturated carbocycles. The minimum absolute atomic E-state index is 0.0384. The average molecular weight is 219 g/mol. The molecule has 0 amide bonds. The summed E-state index contributed by atoms with van der Waals surface area (Å²) in [5, 5.41) is 16.0. The highest BCUT2D eigenvalue weighted by molar-refractivity contribution is 7.90. The Hall–Kier alpha value is -0.950. The smallest absolute Gasteiger partial charge is 0.155 e. The first-order chi connectivity index (χ1) is 6.57. The van der Waals surface area contributed by atoms with Crippen molar-refractivity contribution < 1.29 is 13.5 Å². The lowest BCUT2D eigenvalue weighted by Gasteiger charge is -1.95. The van der Waals surface area contributed by atoms with Crippen molar-refractivity contribution in [2.75, 3.05) is 12.4 Å². The van der Waals surface area contributed by atoms with E-state index in [1.54, 1.807) is 6.92 Å². The third kappa shape index (κ3) is 3.08. The van der Waals surface area contributed by atoms with Gasteiger partial charge in [0, 0.05) is 11.9 Å². The van der Waals surface area contributed by atoms with Gasteiger partial charge in [0.05, 0.1) is 24.6 Å². The van der Waals surface area contributed by atoms with Crippen molar-refractivity contribution in [1.82, 2.24) is 15.0 Å². The number of hydrogen-bond acceptors (Lipinski definition) is 5. The normalized spacial score (nSPS) is 11.9. The molecule has 0 bridgehead atoms. The first-order valence-electron chi connectivity index (χ1n) is 4.27. The van der Waals surface area contributed by atoms with Crippen LogP contribution in [0.2, 0.25) is 0 Å². The first-order valence-corrected chi connectivity index (χ1v) is 6.10. The second-order valence-electron chi connectivity index (χ2n) is 2.87. The lowest BCUT2D eigenvalue weighted by molar-refractivity contribution is 0.268. The van der Waals surface area contributed by atoms with Crippen molar-refractivity contribution in [3.05, 3.63) is 11.9 Å². The standard InChI is InChI=1S/C7H13N3O3S/c1-2-14(12,13)6-7-5-10(3-4-11)9-8-7/h5,11H,2-4,6H2,1H3. The summed E-state index contributed by atoms with van der Waals surface area (Å²) in [7, 11) is -3.05. The van der Waals surface area contributed by atoms with E-state index in [2.05, 4.69) is 10.3 Å². The van der Waals surface area contributed by atoms with Gasteiger partial charge in [0.25, 0.3) is 0 Å². The van der Waals surface area contributed by atoms with E-state index in [0.717, 1.165) is 0 Å². The minimum Gasteiger partial charge on any atom is -0.394 e. The Labute approximate surface area is 82.5 Å². The average Bonchev–Trinajstić information content (AvgIpc) is 2.53. The van der Waals surface area contributed by atoms with Gasteiger partial charge < -0.3 is 5.11 Å². The molecule has 0 saturated heterocycles. The largest absolute Gasteiger partial charge is 0.394 e. The van der Waals surface area contributed by atoms with Crippen LogP contribution in [0.4, 0.5) is 0 Å². The Bertz CT molecular complexity index is 385. The zero-order valence-electron chi connectivity index (χ0n) is 7.92. The fraction of sp³-hybridized carbons (Fsp3) is 0.714. The minimum atomic E-state index is -3.05. The summed E-state index contributed by atoms with van der Waals surface area (Å²) in [4.78, 5) is 0. The molecule has 0 aliphatic heterocycles. The Morgan fingerprint density at radius 3 is 2.86 bits per heavy atom. The molecule has 0 fully saturated rings. The van der Waals surface area contributed by atoms with Crippen LogP contribution < -0.4 is 0 Å². The summed E-state index contributed by atoms with van der Waals surface area (Å²) in [5.41, 5.74) is 0.417. The second-order valence-corrected chi connectivity index (χ2v) is 5.23. The van der Waals surface area contributed by atoms with E-state index in [-0.39, 0.29) is 18.1 Å². The Kier molecular flexibility index (Phi) is 3.59. The highest BCUT2D eigenvalue weighted by Gasteiger charge is 2.11. The van der Waals surface area contributed by atoms with Crippen LogP contribution in [0.1, 0.15) is 12.6 Å². The third-order valence-corrected chi connectivity index (χ3v) is 3.34. The highest BCUT2D eigenvalue weighted by Crippen LogP contribution is 2.02. The topological polar surface area (TPSA) is 85.1 Å². The maximum Gasteiger partial charge on any atom is 0.155 e. The number of rotatable bonds is 5. The Balaban J connectivity index is 2.69. The van der Waals surface area contributed by atoms with E-state index in [1.807, 2.05) is 0 Å². The SMILES string of the molecule is CCS(=O)(=O)Cc1cn(CCO)nn1. The number of aliphatic hydroxyl groups is 1. The molecule has 80 valence electrons. The molecule has 7 heteroatoms. The van der Waals surface area contributed by atoms with Gasteiger partial charge in [0.2, 0.25) is 0 Å². The van der Waals surface area contributed by atoms with Gasteiger partial charge >= 0.3 is 0 Å². The fourth-order valence-electron chi connectivity index (χ4n) is 0.944. The van der Waals surface area contributed by atoms with Gasteiger partial charge in [-0.15, -0.1) is 5.10 Å². The van der Waals surface area contributed by atoms with Gasteiger partial charge in [-0.05, 0) is 0 Å². The van der Waals surface area contributed by atoms with Gasteiger partial charge in [0.15, 0.2) is 9.84 Å². The van der Waals surface area contributed by atoms with Crippen LogP contribution in [0, 0.1) is 0 Å². The molecule has 0 radical (unpaired) electrons. The summed E-state index contributed by atoms with van der Waals surface area (Å²) in [5.74, 6) is 0.00872. The predicted octanol–water partition coefficient (Wildman–Crippen LogP) is -0.795. The molecule has 0 unspecified atom stereocenters. The molecule has 1 heterocycles. The van der Waals surface area contributed by atoms with Crippen LogP contribution in [0.25, 0.3) is 0 Å². The molecule has 0 atom stereocenters. The molecule has 0 aliphatic carbocycles. The molecular formula is C7H13N3O3S. The molecule has 0 spiro atoms. The molecular weight excluding hydrogens is 206 g/mol. The van der Waals surface area contributed by atoms with Crippen molar-refractivity contribution in [3.8, 4) is 0 Å². The van der Waals surface area contributed by atoms with Gasteiger partial charge in [-0.2, -0.15) is 0 Å². The first kappa shape index (κ1) is 11.1. The van der Waals surface area contributed by atoms with Crippen molar-refractivity contribution in [2.24, 2.45) is 0 Å². The second kappa shape index (κ2) is 4.52. The van der Waals surface area contributed by atoms with Gasteiger partial charge in [-0.25, -0.2) is 13.1 Å². The van der Waals surface area contributed by atoms with Crippen LogP contribution >= 0.6 is 0 Å². The summed E-state index contributed by atoms with van der Waals surface area (Å²) in [6, 6.07) is 0. The summed E-state index contributed by atoms with van der Waals surface area (Å²) in [6.07, 6.45) is 1.53. The number of sulfone groups is 1. The van der Waals surface area contributed by atoms with Crippen molar-refractivity contribution >= 4 is 9.84 Å². The molecule has 1 aromatic heterocycles. The molecule has 6 nitrogen and oxygen atoms in total. The van der Waals surface area contributed by atoms with E-state index in [0.29, 0.717) is 12.2 Å². The maximum atomic E-state index is 11.2. The van der Waals surface area contributed by atoms with Crippen LogP contribution in [0.15, 0.2) is 6.20 Å². The summed E-state index contributed by atoms with van der Waals surface area (Å²) >= 11 is 0. The molecule has 0 aliphatic rings. The number of nitrogens with zero attached hydrogens (tertiary/aromatic N) is 3. The third-order valence-electron chi connectivity index (χ3n) is 1.72. The van der Waals surface area contributed by atoms with Crippen molar-refractivity contribution in [1.29, 1.82) is 0 Å². The summed E-state index contributed by atoms with van der Waals surface area (Å²) in [6.45, 7) is 1.88. The van der Waals surface area contributed by atoms with Gasteiger partial charge in [-0.3, -0.25) is 0 Å². The van der Waals surface area contributed by atoms with E-state index < -0.39 is 9.84 Å². The predicted molar refractivity (Wildman–Crippen MR) is 50.3 cm³/mol. The zero-order valence-corrected chi connectivity index (χ0v) is 8.74. The van der Waals surface area contributed by atoms with Crippen LogP contribution in [-0.2, 0) is 22.1 Å². The molecule has 14 heavy (non-hydrogen) atoms. The Morgan fingerprint density at radius 2 is 2.29 bits per heavy atom. The number of hydrogen-bond donors (Lipinski definition) is 1. The maximum absolute atomic E-state index is 11.2. The van der Waals surface area contributed by atoms with Crippen molar-refractivity contribution in [2.45, 2.75) is 19.2 Å². The van der Waals surface area contributed by atoms with E-state index in [4.69, 9.17) is 5.11 Å². The molecule has 0 aromatic carbocycles. The van der Waals surface area contributed by atoms with E-state index in [1.165, 1.54) is 10.9 Å².